The van der Waals surface area contributed by atoms with Gasteiger partial charge < -0.3 is 4.74 Å². The molecular formula is C30H46N2O. The molecule has 0 N–H and O–H groups in total. The smallest absolute Gasteiger partial charge is 0.159 e. The Kier molecular flexibility index (Phi) is 11.2. The van der Waals surface area contributed by atoms with E-state index in [0.29, 0.717) is 0 Å². The van der Waals surface area contributed by atoms with Gasteiger partial charge in [-0.25, -0.2) is 9.97 Å². The van der Waals surface area contributed by atoms with E-state index >= 15 is 0 Å². The topological polar surface area (TPSA) is 35.0 Å². The molecule has 1 heterocycles. The summed E-state index contributed by atoms with van der Waals surface area (Å²) in [6.07, 6.45) is 21.3. The van der Waals surface area contributed by atoms with Gasteiger partial charge in [0.05, 0.1) is 6.61 Å². The van der Waals surface area contributed by atoms with Crippen LogP contribution in [0.3, 0.4) is 0 Å². The van der Waals surface area contributed by atoms with Crippen LogP contribution in [0.5, 0.6) is 5.75 Å². The van der Waals surface area contributed by atoms with Crippen molar-refractivity contribution >= 4 is 0 Å². The quantitative estimate of drug-likeness (QED) is 0.270. The van der Waals surface area contributed by atoms with E-state index in [1.54, 1.807) is 0 Å². The average molecular weight is 451 g/mol. The Morgan fingerprint density at radius 3 is 2.21 bits per heavy atom. The maximum absolute atomic E-state index is 6.06. The summed E-state index contributed by atoms with van der Waals surface area (Å²) in [7, 11) is 0. The standard InChI is InChI=1S/C30H46N2O/c1-4-6-7-11-26-12-8-9-13-27(26)14-10-21-33-29-19-17-28(18-20-29)30-31-22-25(23-32-30)16-15-24(3)5-2/h17-20,22-24,26-27H,4-16,21H2,1-3H3/t24-,26?,27?/m0/s1. The minimum absolute atomic E-state index is 0.757. The highest BCUT2D eigenvalue weighted by molar-refractivity contribution is 5.55. The Bertz CT molecular complexity index is 771. The van der Waals surface area contributed by atoms with Crippen LogP contribution in [0.25, 0.3) is 11.4 Å². The Morgan fingerprint density at radius 2 is 1.58 bits per heavy atom. The highest BCUT2D eigenvalue weighted by atomic mass is 16.5. The molecule has 1 fully saturated rings. The van der Waals surface area contributed by atoms with Crippen LogP contribution in [-0.2, 0) is 6.42 Å². The number of aromatic nitrogens is 2. The molecular weight excluding hydrogens is 404 g/mol. The molecule has 3 rings (SSSR count). The molecule has 3 atom stereocenters. The number of rotatable bonds is 14. The number of benzene rings is 1. The van der Waals surface area contributed by atoms with E-state index in [1.165, 1.54) is 76.2 Å². The average Bonchev–Trinajstić information content (AvgIpc) is 2.87. The Morgan fingerprint density at radius 1 is 0.909 bits per heavy atom. The van der Waals surface area contributed by atoms with Crippen LogP contribution < -0.4 is 4.74 Å². The lowest BCUT2D eigenvalue weighted by atomic mass is 9.74. The van der Waals surface area contributed by atoms with Crippen LogP contribution in [-0.4, -0.2) is 16.6 Å². The summed E-state index contributed by atoms with van der Waals surface area (Å²) in [6.45, 7) is 7.68. The minimum atomic E-state index is 0.757. The summed E-state index contributed by atoms with van der Waals surface area (Å²) < 4.78 is 6.06. The number of ether oxygens (including phenoxy) is 1. The fourth-order valence-corrected chi connectivity index (χ4v) is 5.19. The highest BCUT2D eigenvalue weighted by Crippen LogP contribution is 2.36. The van der Waals surface area contributed by atoms with E-state index in [4.69, 9.17) is 4.74 Å². The lowest BCUT2D eigenvalue weighted by Gasteiger charge is -2.31. The van der Waals surface area contributed by atoms with Crippen LogP contribution in [0.15, 0.2) is 36.7 Å². The number of hydrogen-bond acceptors (Lipinski definition) is 3. The maximum atomic E-state index is 6.06. The second-order valence-corrected chi connectivity index (χ2v) is 10.3. The van der Waals surface area contributed by atoms with Gasteiger partial charge in [0.15, 0.2) is 5.82 Å². The van der Waals surface area contributed by atoms with Crippen LogP contribution in [0.1, 0.15) is 103 Å². The lowest BCUT2D eigenvalue weighted by molar-refractivity contribution is 0.190. The van der Waals surface area contributed by atoms with Crippen LogP contribution >= 0.6 is 0 Å². The van der Waals surface area contributed by atoms with Crippen LogP contribution in [0.4, 0.5) is 0 Å². The van der Waals surface area contributed by atoms with E-state index < -0.39 is 0 Å². The van der Waals surface area contributed by atoms with Gasteiger partial charge in [0, 0.05) is 18.0 Å². The van der Waals surface area contributed by atoms with Gasteiger partial charge >= 0.3 is 0 Å². The predicted octanol–water partition coefficient (Wildman–Crippen LogP) is 8.67. The Labute approximate surface area is 202 Å². The van der Waals surface area contributed by atoms with Crippen molar-refractivity contribution in [1.29, 1.82) is 0 Å². The van der Waals surface area contributed by atoms with Gasteiger partial charge in [0.25, 0.3) is 0 Å². The third-order valence-electron chi connectivity index (χ3n) is 7.67. The molecule has 1 aromatic heterocycles. The van der Waals surface area contributed by atoms with Crippen molar-refractivity contribution in [2.45, 2.75) is 104 Å². The van der Waals surface area contributed by atoms with Gasteiger partial charge in [-0.15, -0.1) is 0 Å². The molecule has 0 amide bonds. The molecule has 1 aliphatic carbocycles. The first-order valence-corrected chi connectivity index (χ1v) is 13.7. The molecule has 0 radical (unpaired) electrons. The molecule has 3 heteroatoms. The lowest BCUT2D eigenvalue weighted by Crippen LogP contribution is -2.20. The molecule has 1 saturated carbocycles. The molecule has 0 spiro atoms. The zero-order valence-corrected chi connectivity index (χ0v) is 21.4. The molecule has 0 aliphatic heterocycles. The van der Waals surface area contributed by atoms with E-state index in [1.807, 2.05) is 12.4 Å². The SMILES string of the molecule is CCCCCC1CCCCC1CCCOc1ccc(-c2ncc(CC[C@@H](C)CC)cn2)cc1. The zero-order valence-electron chi connectivity index (χ0n) is 21.4. The summed E-state index contributed by atoms with van der Waals surface area (Å²) in [5.41, 5.74) is 2.28. The van der Waals surface area contributed by atoms with Gasteiger partial charge in [-0.2, -0.15) is 0 Å². The van der Waals surface area contributed by atoms with Gasteiger partial charge in [-0.1, -0.05) is 78.6 Å². The van der Waals surface area contributed by atoms with E-state index in [9.17, 15) is 0 Å². The Hall–Kier alpha value is -1.90. The molecule has 33 heavy (non-hydrogen) atoms. The van der Waals surface area contributed by atoms with Crippen molar-refractivity contribution in [3.63, 3.8) is 0 Å². The molecule has 0 saturated heterocycles. The first kappa shape index (κ1) is 25.7. The van der Waals surface area contributed by atoms with Crippen molar-refractivity contribution in [3.8, 4) is 17.1 Å². The van der Waals surface area contributed by atoms with Crippen molar-refractivity contribution in [3.05, 3.63) is 42.2 Å². The summed E-state index contributed by atoms with van der Waals surface area (Å²) >= 11 is 0. The van der Waals surface area contributed by atoms with Gasteiger partial charge in [-0.05, 0) is 73.3 Å². The first-order chi connectivity index (χ1) is 16.2. The third-order valence-corrected chi connectivity index (χ3v) is 7.67. The van der Waals surface area contributed by atoms with E-state index in [-0.39, 0.29) is 0 Å². The number of unbranched alkanes of at least 4 members (excludes halogenated alkanes) is 2. The van der Waals surface area contributed by atoms with Gasteiger partial charge in [0.2, 0.25) is 0 Å². The largest absolute Gasteiger partial charge is 0.494 e. The molecule has 1 aromatic carbocycles. The van der Waals surface area contributed by atoms with Crippen molar-refractivity contribution < 1.29 is 4.74 Å². The highest BCUT2D eigenvalue weighted by Gasteiger charge is 2.24. The fourth-order valence-electron chi connectivity index (χ4n) is 5.19. The van der Waals surface area contributed by atoms with Crippen molar-refractivity contribution in [2.75, 3.05) is 6.61 Å². The van der Waals surface area contributed by atoms with Crippen molar-refractivity contribution in [2.24, 2.45) is 17.8 Å². The molecule has 0 bridgehead atoms. The molecule has 182 valence electrons. The number of aryl methyl sites for hydroxylation is 1. The predicted molar refractivity (Wildman–Crippen MR) is 140 cm³/mol. The minimum Gasteiger partial charge on any atom is -0.494 e. The fraction of sp³-hybridized carbons (Fsp3) is 0.667. The summed E-state index contributed by atoms with van der Waals surface area (Å²) in [4.78, 5) is 9.18. The van der Waals surface area contributed by atoms with Crippen LogP contribution in [0.2, 0.25) is 0 Å². The summed E-state index contributed by atoms with van der Waals surface area (Å²) in [5, 5.41) is 0. The second kappa shape index (κ2) is 14.4. The molecule has 2 unspecified atom stereocenters. The molecule has 3 nitrogen and oxygen atoms in total. The first-order valence-electron chi connectivity index (χ1n) is 13.7. The van der Waals surface area contributed by atoms with E-state index in [0.717, 1.165) is 54.3 Å². The monoisotopic (exact) mass is 450 g/mol. The Balaban J connectivity index is 1.40. The normalized spacial score (nSPS) is 19.4. The van der Waals surface area contributed by atoms with Crippen molar-refractivity contribution in [1.82, 2.24) is 9.97 Å². The van der Waals surface area contributed by atoms with Crippen LogP contribution in [0, 0.1) is 17.8 Å². The van der Waals surface area contributed by atoms with Gasteiger partial charge in [0.1, 0.15) is 5.75 Å². The summed E-state index contributed by atoms with van der Waals surface area (Å²) in [5.74, 6) is 4.39. The maximum Gasteiger partial charge on any atom is 0.159 e. The second-order valence-electron chi connectivity index (χ2n) is 10.3. The molecule has 1 aliphatic rings. The van der Waals surface area contributed by atoms with E-state index in [2.05, 4.69) is 55.0 Å². The third kappa shape index (κ3) is 8.76. The van der Waals surface area contributed by atoms with Gasteiger partial charge in [-0.3, -0.25) is 0 Å². The number of nitrogens with zero attached hydrogens (tertiary/aromatic N) is 2. The molecule has 2 aromatic rings. The number of hydrogen-bond donors (Lipinski definition) is 0. The summed E-state index contributed by atoms with van der Waals surface area (Å²) in [6, 6.07) is 8.27. The zero-order chi connectivity index (χ0) is 23.3.